The van der Waals surface area contributed by atoms with Gasteiger partial charge in [0.1, 0.15) is 16.7 Å². The van der Waals surface area contributed by atoms with Gasteiger partial charge in [-0.25, -0.2) is 4.98 Å². The lowest BCUT2D eigenvalue weighted by Gasteiger charge is -2.23. The summed E-state index contributed by atoms with van der Waals surface area (Å²) in [7, 11) is 0. The lowest BCUT2D eigenvalue weighted by atomic mass is 10.1. The maximum atomic E-state index is 12.9. The summed E-state index contributed by atoms with van der Waals surface area (Å²) in [5.74, 6) is 0.413. The zero-order valence-electron chi connectivity index (χ0n) is 20.0. The summed E-state index contributed by atoms with van der Waals surface area (Å²) in [5.41, 5.74) is 2.26. The average Bonchev–Trinajstić information content (AvgIpc) is 3.04. The van der Waals surface area contributed by atoms with Crippen LogP contribution in [0.5, 0.6) is 0 Å². The molecule has 7 nitrogen and oxygen atoms in total. The molecular formula is C24H30N4O3S2. The van der Waals surface area contributed by atoms with Gasteiger partial charge in [0.25, 0.3) is 11.5 Å². The van der Waals surface area contributed by atoms with Crippen molar-refractivity contribution in [2.75, 3.05) is 0 Å². The Bertz CT molecular complexity index is 1270. The Hall–Kier alpha value is -2.65. The number of hydrogen-bond donors (Lipinski definition) is 3. The van der Waals surface area contributed by atoms with Crippen LogP contribution in [0.2, 0.25) is 0 Å². The quantitative estimate of drug-likeness (QED) is 0.452. The van der Waals surface area contributed by atoms with E-state index in [9.17, 15) is 14.4 Å². The van der Waals surface area contributed by atoms with Gasteiger partial charge in [0.15, 0.2) is 0 Å². The molecule has 0 aliphatic carbocycles. The molecule has 33 heavy (non-hydrogen) atoms. The number of aromatic amines is 1. The van der Waals surface area contributed by atoms with Crippen molar-refractivity contribution in [2.24, 2.45) is 0 Å². The predicted molar refractivity (Wildman–Crippen MR) is 135 cm³/mol. The number of thioether (sulfide) groups is 1. The SMILES string of the molecule is Cc1ccc(C)c(SCc2nc3sc(C(=O)NC(C)C(=O)NC(C)(C)C)c(C)c3c(=O)[nH]2)c1. The standard InChI is InChI=1S/C24H30N4O3S2/c1-12-8-9-13(2)16(10-12)32-11-17-26-21(30)18-14(3)19(33-23(18)27-17)22(31)25-15(4)20(29)28-24(5,6)7/h8-10,15H,11H2,1-7H3,(H,25,31)(H,28,29)(H,26,27,30). The number of H-pyrrole nitrogens is 1. The van der Waals surface area contributed by atoms with Crippen LogP contribution in [0.1, 0.15) is 59.9 Å². The zero-order chi connectivity index (χ0) is 24.5. The molecule has 0 spiro atoms. The molecule has 9 heteroatoms. The molecule has 3 rings (SSSR count). The number of rotatable bonds is 6. The Morgan fingerprint density at radius 1 is 1.21 bits per heavy atom. The first-order valence-corrected chi connectivity index (χ1v) is 12.5. The molecule has 0 saturated carbocycles. The Morgan fingerprint density at radius 3 is 2.58 bits per heavy atom. The summed E-state index contributed by atoms with van der Waals surface area (Å²) in [6.45, 7) is 13.1. The van der Waals surface area contributed by atoms with Crippen molar-refractivity contribution in [2.45, 2.75) is 70.7 Å². The highest BCUT2D eigenvalue weighted by Crippen LogP contribution is 2.29. The molecule has 176 valence electrons. The van der Waals surface area contributed by atoms with Gasteiger partial charge in [0.2, 0.25) is 5.91 Å². The summed E-state index contributed by atoms with van der Waals surface area (Å²) < 4.78 is 0. The Morgan fingerprint density at radius 2 is 1.91 bits per heavy atom. The number of benzene rings is 1. The number of aromatic nitrogens is 2. The van der Waals surface area contributed by atoms with Crippen LogP contribution in [-0.4, -0.2) is 33.4 Å². The fourth-order valence-electron chi connectivity index (χ4n) is 3.29. The van der Waals surface area contributed by atoms with E-state index in [0.29, 0.717) is 32.2 Å². The van der Waals surface area contributed by atoms with Gasteiger partial charge in [-0.1, -0.05) is 17.7 Å². The smallest absolute Gasteiger partial charge is 0.262 e. The molecule has 3 N–H and O–H groups in total. The molecule has 2 heterocycles. The molecule has 0 aliphatic heterocycles. The Labute approximate surface area is 201 Å². The minimum atomic E-state index is -0.711. The highest BCUT2D eigenvalue weighted by atomic mass is 32.2. The third kappa shape index (κ3) is 6.03. The monoisotopic (exact) mass is 486 g/mol. The van der Waals surface area contributed by atoms with E-state index in [1.54, 1.807) is 25.6 Å². The van der Waals surface area contributed by atoms with Crippen molar-refractivity contribution in [3.8, 4) is 0 Å². The van der Waals surface area contributed by atoms with E-state index >= 15 is 0 Å². The van der Waals surface area contributed by atoms with E-state index in [4.69, 9.17) is 0 Å². The molecule has 2 aromatic heterocycles. The summed E-state index contributed by atoms with van der Waals surface area (Å²) >= 11 is 2.78. The van der Waals surface area contributed by atoms with Crippen molar-refractivity contribution >= 4 is 45.1 Å². The maximum Gasteiger partial charge on any atom is 0.262 e. The van der Waals surface area contributed by atoms with Gasteiger partial charge < -0.3 is 15.6 Å². The first-order valence-electron chi connectivity index (χ1n) is 10.7. The number of nitrogens with one attached hydrogen (secondary N) is 3. The topological polar surface area (TPSA) is 104 Å². The zero-order valence-corrected chi connectivity index (χ0v) is 21.6. The number of hydrogen-bond acceptors (Lipinski definition) is 6. The largest absolute Gasteiger partial charge is 0.350 e. The third-order valence-corrected chi connectivity index (χ3v) is 7.36. The van der Waals surface area contributed by atoms with Gasteiger partial charge in [0.05, 0.1) is 16.0 Å². The lowest BCUT2D eigenvalue weighted by molar-refractivity contribution is -0.124. The van der Waals surface area contributed by atoms with Crippen LogP contribution in [0, 0.1) is 20.8 Å². The van der Waals surface area contributed by atoms with Crippen LogP contribution in [0.4, 0.5) is 0 Å². The predicted octanol–water partition coefficient (Wildman–Crippen LogP) is 4.24. The minimum Gasteiger partial charge on any atom is -0.350 e. The molecule has 3 aromatic rings. The van der Waals surface area contributed by atoms with Crippen LogP contribution in [0.25, 0.3) is 10.2 Å². The minimum absolute atomic E-state index is 0.261. The molecule has 0 saturated heterocycles. The molecule has 1 unspecified atom stereocenters. The Balaban J connectivity index is 1.81. The summed E-state index contributed by atoms with van der Waals surface area (Å²) in [4.78, 5) is 47.5. The van der Waals surface area contributed by atoms with Crippen molar-refractivity contribution in [1.29, 1.82) is 0 Å². The van der Waals surface area contributed by atoms with E-state index in [0.717, 1.165) is 4.90 Å². The van der Waals surface area contributed by atoms with Gasteiger partial charge in [-0.15, -0.1) is 23.1 Å². The van der Waals surface area contributed by atoms with E-state index in [-0.39, 0.29) is 11.5 Å². The number of carbonyl (C=O) groups excluding carboxylic acids is 2. The number of aryl methyl sites for hydroxylation is 3. The molecule has 0 radical (unpaired) electrons. The number of carbonyl (C=O) groups is 2. The van der Waals surface area contributed by atoms with Crippen molar-refractivity contribution in [3.05, 3.63) is 55.9 Å². The van der Waals surface area contributed by atoms with E-state index in [1.165, 1.54) is 22.5 Å². The molecule has 2 amide bonds. The van der Waals surface area contributed by atoms with Crippen LogP contribution in [-0.2, 0) is 10.5 Å². The first-order chi connectivity index (χ1) is 15.4. The van der Waals surface area contributed by atoms with Crippen LogP contribution in [0.15, 0.2) is 27.9 Å². The molecular weight excluding hydrogens is 456 g/mol. The number of fused-ring (bicyclic) bond motifs is 1. The highest BCUT2D eigenvalue weighted by molar-refractivity contribution is 7.98. The molecule has 0 bridgehead atoms. The first kappa shape index (κ1) is 25.0. The number of nitrogens with zero attached hydrogens (tertiary/aromatic N) is 1. The van der Waals surface area contributed by atoms with Crippen molar-refractivity contribution in [1.82, 2.24) is 20.6 Å². The summed E-state index contributed by atoms with van der Waals surface area (Å²) in [5, 5.41) is 5.99. The van der Waals surface area contributed by atoms with Gasteiger partial charge in [-0.05, 0) is 65.7 Å². The second-order valence-electron chi connectivity index (χ2n) is 9.24. The molecule has 1 atom stereocenters. The summed E-state index contributed by atoms with van der Waals surface area (Å²) in [6.07, 6.45) is 0. The molecule has 0 aliphatic rings. The van der Waals surface area contributed by atoms with Crippen molar-refractivity contribution < 1.29 is 9.59 Å². The van der Waals surface area contributed by atoms with Gasteiger partial charge in [-0.3, -0.25) is 14.4 Å². The van der Waals surface area contributed by atoms with Crippen LogP contribution < -0.4 is 16.2 Å². The fourth-order valence-corrected chi connectivity index (χ4v) is 5.39. The fraction of sp³-hybridized carbons (Fsp3) is 0.417. The van der Waals surface area contributed by atoms with E-state index < -0.39 is 17.5 Å². The molecule has 0 fully saturated rings. The lowest BCUT2D eigenvalue weighted by Crippen LogP contribution is -2.50. The molecule has 1 aromatic carbocycles. The maximum absolute atomic E-state index is 12.9. The van der Waals surface area contributed by atoms with Crippen molar-refractivity contribution in [3.63, 3.8) is 0 Å². The second-order valence-corrected chi connectivity index (χ2v) is 11.3. The van der Waals surface area contributed by atoms with E-state index in [1.807, 2.05) is 27.7 Å². The number of thiophene rings is 1. The van der Waals surface area contributed by atoms with Crippen LogP contribution in [0.3, 0.4) is 0 Å². The second kappa shape index (κ2) is 9.69. The van der Waals surface area contributed by atoms with Gasteiger partial charge in [-0.2, -0.15) is 0 Å². The normalized spacial score (nSPS) is 12.6. The summed E-state index contributed by atoms with van der Waals surface area (Å²) in [6, 6.07) is 5.55. The number of amides is 2. The van der Waals surface area contributed by atoms with Gasteiger partial charge >= 0.3 is 0 Å². The van der Waals surface area contributed by atoms with E-state index in [2.05, 4.69) is 45.7 Å². The third-order valence-electron chi connectivity index (χ3n) is 5.00. The van der Waals surface area contributed by atoms with Crippen LogP contribution >= 0.6 is 23.1 Å². The Kier molecular flexibility index (Phi) is 7.33. The van der Waals surface area contributed by atoms with Gasteiger partial charge in [0, 0.05) is 10.4 Å². The highest BCUT2D eigenvalue weighted by Gasteiger charge is 2.24. The average molecular weight is 487 g/mol.